The Labute approximate surface area is 201 Å². The van der Waals surface area contributed by atoms with Gasteiger partial charge < -0.3 is 9.88 Å². The van der Waals surface area contributed by atoms with E-state index >= 15 is 0 Å². The van der Waals surface area contributed by atoms with Gasteiger partial charge >= 0.3 is 0 Å². The second-order valence-electron chi connectivity index (χ2n) is 8.88. The molecule has 1 atom stereocenters. The van der Waals surface area contributed by atoms with Gasteiger partial charge in [-0.05, 0) is 43.9 Å². The average Bonchev–Trinajstić information content (AvgIpc) is 3.19. The summed E-state index contributed by atoms with van der Waals surface area (Å²) in [6, 6.07) is 25.0. The van der Waals surface area contributed by atoms with Crippen molar-refractivity contribution in [3.63, 3.8) is 0 Å². The normalized spacial score (nSPS) is 12.5. The minimum absolute atomic E-state index is 0.0132. The number of amides is 1. The Hall–Kier alpha value is -3.38. The van der Waals surface area contributed by atoms with Crippen LogP contribution in [0.2, 0.25) is 0 Å². The van der Waals surface area contributed by atoms with Crippen LogP contribution in [0.4, 0.5) is 0 Å². The number of hydrogen-bond acceptors (Lipinski definition) is 3. The van der Waals surface area contributed by atoms with Crippen molar-refractivity contribution in [1.82, 2.24) is 9.88 Å². The van der Waals surface area contributed by atoms with Crippen LogP contribution < -0.4 is 5.32 Å². The molecule has 1 heterocycles. The lowest BCUT2D eigenvalue weighted by molar-refractivity contribution is -0.122. The summed E-state index contributed by atoms with van der Waals surface area (Å²) in [4.78, 5) is 13.0. The van der Waals surface area contributed by atoms with Gasteiger partial charge in [0.15, 0.2) is 9.84 Å². The maximum Gasteiger partial charge on any atom is 0.240 e. The molecule has 0 fully saturated rings. The highest BCUT2D eigenvalue weighted by atomic mass is 32.2. The molecule has 0 bridgehead atoms. The molecule has 34 heavy (non-hydrogen) atoms. The molecule has 0 aliphatic carbocycles. The fourth-order valence-electron chi connectivity index (χ4n) is 4.15. The first kappa shape index (κ1) is 23.8. The zero-order valence-electron chi connectivity index (χ0n) is 19.6. The standard InChI is InChI=1S/C28H30N2O3S/c1-21-12-15-24(16-13-21)20-34(32,33)27-18-30(26-11-7-6-10-25(26)27)19-28(31)29-22(2)14-17-23-8-4-3-5-9-23/h3-13,15-16,18,22H,14,17,19-20H2,1-2H3,(H,29,31). The minimum atomic E-state index is -3.58. The number of carbonyl (C=O) groups excluding carboxylic acids is 1. The van der Waals surface area contributed by atoms with Crippen molar-refractivity contribution in [2.45, 2.75) is 49.9 Å². The number of carbonyl (C=O) groups is 1. The second-order valence-corrected chi connectivity index (χ2v) is 10.8. The van der Waals surface area contributed by atoms with Gasteiger partial charge in [0, 0.05) is 23.1 Å². The quantitative estimate of drug-likeness (QED) is 0.369. The summed E-state index contributed by atoms with van der Waals surface area (Å²) in [7, 11) is -3.58. The molecule has 0 spiro atoms. The minimum Gasteiger partial charge on any atom is -0.352 e. The predicted molar refractivity (Wildman–Crippen MR) is 136 cm³/mol. The van der Waals surface area contributed by atoms with Crippen LogP contribution in [0.25, 0.3) is 10.9 Å². The van der Waals surface area contributed by atoms with Crippen LogP contribution in [0.15, 0.2) is 90.0 Å². The van der Waals surface area contributed by atoms with Crippen molar-refractivity contribution >= 4 is 26.6 Å². The molecule has 1 unspecified atom stereocenters. The van der Waals surface area contributed by atoms with Crippen LogP contribution in [0.3, 0.4) is 0 Å². The van der Waals surface area contributed by atoms with Gasteiger partial charge in [-0.1, -0.05) is 78.4 Å². The number of nitrogens with one attached hydrogen (secondary N) is 1. The van der Waals surface area contributed by atoms with E-state index in [0.29, 0.717) is 5.39 Å². The predicted octanol–water partition coefficient (Wildman–Crippen LogP) is 5.06. The third-order valence-corrected chi connectivity index (χ3v) is 7.70. The number of para-hydroxylation sites is 1. The van der Waals surface area contributed by atoms with E-state index in [1.807, 2.05) is 74.5 Å². The van der Waals surface area contributed by atoms with Crippen LogP contribution in [0, 0.1) is 6.92 Å². The highest BCUT2D eigenvalue weighted by molar-refractivity contribution is 7.90. The molecule has 0 aliphatic rings. The van der Waals surface area contributed by atoms with Gasteiger partial charge in [-0.15, -0.1) is 0 Å². The van der Waals surface area contributed by atoms with Crippen molar-refractivity contribution in [2.24, 2.45) is 0 Å². The van der Waals surface area contributed by atoms with Crippen molar-refractivity contribution in [2.75, 3.05) is 0 Å². The number of nitrogens with zero attached hydrogens (tertiary/aromatic N) is 1. The number of benzene rings is 3. The lowest BCUT2D eigenvalue weighted by Crippen LogP contribution is -2.35. The Kier molecular flexibility index (Phi) is 7.17. The maximum atomic E-state index is 13.3. The molecule has 176 valence electrons. The van der Waals surface area contributed by atoms with E-state index in [4.69, 9.17) is 0 Å². The number of sulfone groups is 1. The van der Waals surface area contributed by atoms with Crippen molar-refractivity contribution in [3.8, 4) is 0 Å². The largest absolute Gasteiger partial charge is 0.352 e. The molecule has 6 heteroatoms. The van der Waals surface area contributed by atoms with Crippen LogP contribution in [0.1, 0.15) is 30.0 Å². The molecule has 3 aromatic carbocycles. The summed E-state index contributed by atoms with van der Waals surface area (Å²) in [6.45, 7) is 4.03. The third kappa shape index (κ3) is 5.75. The first-order valence-corrected chi connectivity index (χ1v) is 13.2. The third-order valence-electron chi connectivity index (χ3n) is 5.99. The maximum absolute atomic E-state index is 13.3. The molecule has 4 aromatic rings. The molecular weight excluding hydrogens is 444 g/mol. The van der Waals surface area contributed by atoms with Gasteiger partial charge in [0.2, 0.25) is 5.91 Å². The van der Waals surface area contributed by atoms with Crippen LogP contribution >= 0.6 is 0 Å². The van der Waals surface area contributed by atoms with Gasteiger partial charge in [0.25, 0.3) is 0 Å². The average molecular weight is 475 g/mol. The molecule has 4 rings (SSSR count). The van der Waals surface area contributed by atoms with E-state index in [1.165, 1.54) is 5.56 Å². The zero-order chi connectivity index (χ0) is 24.1. The molecule has 1 aromatic heterocycles. The number of aromatic nitrogens is 1. The fraction of sp³-hybridized carbons (Fsp3) is 0.250. The van der Waals surface area contributed by atoms with E-state index in [-0.39, 0.29) is 29.1 Å². The molecule has 0 saturated heterocycles. The zero-order valence-corrected chi connectivity index (χ0v) is 20.4. The first-order chi connectivity index (χ1) is 16.3. The highest BCUT2D eigenvalue weighted by Crippen LogP contribution is 2.28. The van der Waals surface area contributed by atoms with Crippen molar-refractivity contribution < 1.29 is 13.2 Å². The molecule has 1 amide bonds. The summed E-state index contributed by atoms with van der Waals surface area (Å²) in [6.07, 6.45) is 3.32. The molecule has 0 aliphatic heterocycles. The lowest BCUT2D eigenvalue weighted by Gasteiger charge is -2.14. The van der Waals surface area contributed by atoms with E-state index in [0.717, 1.165) is 29.5 Å². The van der Waals surface area contributed by atoms with Gasteiger partial charge in [0.1, 0.15) is 6.54 Å². The Morgan fingerprint density at radius 1 is 0.912 bits per heavy atom. The monoisotopic (exact) mass is 474 g/mol. The van der Waals surface area contributed by atoms with Crippen molar-refractivity contribution in [3.05, 3.63) is 102 Å². The van der Waals surface area contributed by atoms with Gasteiger partial charge in [-0.3, -0.25) is 4.79 Å². The Morgan fingerprint density at radius 3 is 2.32 bits per heavy atom. The second kappa shape index (κ2) is 10.3. The molecular formula is C28H30N2O3S. The fourth-order valence-corrected chi connectivity index (χ4v) is 5.73. The van der Waals surface area contributed by atoms with E-state index < -0.39 is 9.84 Å². The number of aryl methyl sites for hydroxylation is 2. The Morgan fingerprint density at radius 2 is 1.59 bits per heavy atom. The topological polar surface area (TPSA) is 68.2 Å². The summed E-state index contributed by atoms with van der Waals surface area (Å²) in [5.74, 6) is -0.215. The van der Waals surface area contributed by atoms with Crippen LogP contribution in [0.5, 0.6) is 0 Å². The summed E-state index contributed by atoms with van der Waals surface area (Å²) >= 11 is 0. The number of fused-ring (bicyclic) bond motifs is 1. The van der Waals surface area contributed by atoms with Gasteiger partial charge in [-0.2, -0.15) is 0 Å². The van der Waals surface area contributed by atoms with Crippen LogP contribution in [-0.2, 0) is 33.4 Å². The van der Waals surface area contributed by atoms with Crippen molar-refractivity contribution in [1.29, 1.82) is 0 Å². The van der Waals surface area contributed by atoms with E-state index in [2.05, 4.69) is 17.4 Å². The summed E-state index contributed by atoms with van der Waals surface area (Å²) < 4.78 is 28.3. The summed E-state index contributed by atoms with van der Waals surface area (Å²) in [5, 5.41) is 3.69. The summed E-state index contributed by atoms with van der Waals surface area (Å²) in [5.41, 5.74) is 3.80. The smallest absolute Gasteiger partial charge is 0.240 e. The van der Waals surface area contributed by atoms with Crippen LogP contribution in [-0.4, -0.2) is 24.9 Å². The van der Waals surface area contributed by atoms with E-state index in [9.17, 15) is 13.2 Å². The Balaban J connectivity index is 1.49. The number of rotatable bonds is 9. The van der Waals surface area contributed by atoms with Gasteiger partial charge in [-0.25, -0.2) is 8.42 Å². The highest BCUT2D eigenvalue weighted by Gasteiger charge is 2.22. The molecule has 0 radical (unpaired) electrons. The molecule has 5 nitrogen and oxygen atoms in total. The Bertz CT molecular complexity index is 1370. The van der Waals surface area contributed by atoms with E-state index in [1.54, 1.807) is 16.8 Å². The van der Waals surface area contributed by atoms with Gasteiger partial charge in [0.05, 0.1) is 10.6 Å². The first-order valence-electron chi connectivity index (χ1n) is 11.5. The molecule has 1 N–H and O–H groups in total. The SMILES string of the molecule is Cc1ccc(CS(=O)(=O)c2cn(CC(=O)NC(C)CCc3ccccc3)c3ccccc23)cc1. The lowest BCUT2D eigenvalue weighted by atomic mass is 10.1. The molecule has 0 saturated carbocycles. The number of hydrogen-bond donors (Lipinski definition) is 1.